The molecule has 0 radical (unpaired) electrons. The normalized spacial score (nSPS) is 18.4. The summed E-state index contributed by atoms with van der Waals surface area (Å²) in [5, 5.41) is 3.00. The molecular weight excluding hydrogens is 318 g/mol. The van der Waals surface area contributed by atoms with Crippen LogP contribution in [0.25, 0.3) is 6.08 Å². The first kappa shape index (κ1) is 17.5. The number of benzene rings is 1. The number of nitrogens with one attached hydrogen (secondary N) is 1. The zero-order valence-corrected chi connectivity index (χ0v) is 14.6. The molecule has 2 aliphatic rings. The third kappa shape index (κ3) is 5.06. The number of piperazine rings is 1. The summed E-state index contributed by atoms with van der Waals surface area (Å²) in [6.45, 7) is 3.17. The van der Waals surface area contributed by atoms with Crippen molar-refractivity contribution in [3.63, 3.8) is 0 Å². The van der Waals surface area contributed by atoms with Crippen LogP contribution in [0.1, 0.15) is 18.4 Å². The largest absolute Gasteiger partial charge is 0.496 e. The van der Waals surface area contributed by atoms with E-state index in [2.05, 4.69) is 10.2 Å². The van der Waals surface area contributed by atoms with Gasteiger partial charge in [0, 0.05) is 43.9 Å². The number of carbonyl (C=O) groups is 2. The second kappa shape index (κ2) is 8.16. The van der Waals surface area contributed by atoms with Crippen LogP contribution in [0.4, 0.5) is 0 Å². The van der Waals surface area contributed by atoms with Gasteiger partial charge in [0.2, 0.25) is 11.8 Å². The van der Waals surface area contributed by atoms with Gasteiger partial charge < -0.3 is 15.0 Å². The molecule has 1 aromatic rings. The molecule has 3 rings (SSSR count). The highest BCUT2D eigenvalue weighted by atomic mass is 16.5. The van der Waals surface area contributed by atoms with Crippen LogP contribution >= 0.6 is 0 Å². The van der Waals surface area contributed by atoms with E-state index >= 15 is 0 Å². The molecule has 6 heteroatoms. The number of carbonyl (C=O) groups excluding carboxylic acids is 2. The Bertz CT molecular complexity index is 647. The number of hydrogen-bond acceptors (Lipinski definition) is 4. The predicted octanol–water partition coefficient (Wildman–Crippen LogP) is 1.13. The van der Waals surface area contributed by atoms with Crippen LogP contribution in [0.15, 0.2) is 30.3 Å². The molecule has 1 aliphatic carbocycles. The van der Waals surface area contributed by atoms with Crippen LogP contribution in [-0.2, 0) is 9.59 Å². The summed E-state index contributed by atoms with van der Waals surface area (Å²) < 4.78 is 5.29. The first-order valence-electron chi connectivity index (χ1n) is 8.77. The van der Waals surface area contributed by atoms with Gasteiger partial charge >= 0.3 is 0 Å². The van der Waals surface area contributed by atoms with Gasteiger partial charge in [-0.1, -0.05) is 18.2 Å². The lowest BCUT2D eigenvalue weighted by molar-refractivity contribution is -0.128. The number of amides is 2. The lowest BCUT2D eigenvalue weighted by Gasteiger charge is -2.33. The Morgan fingerprint density at radius 2 is 1.92 bits per heavy atom. The van der Waals surface area contributed by atoms with Crippen molar-refractivity contribution in [3.8, 4) is 5.75 Å². The highest BCUT2D eigenvalue weighted by molar-refractivity contribution is 5.92. The van der Waals surface area contributed by atoms with E-state index < -0.39 is 0 Å². The second-order valence-electron chi connectivity index (χ2n) is 6.52. The Labute approximate surface area is 148 Å². The highest BCUT2D eigenvalue weighted by Crippen LogP contribution is 2.19. The van der Waals surface area contributed by atoms with Crippen LogP contribution in [0, 0.1) is 0 Å². The van der Waals surface area contributed by atoms with E-state index in [1.165, 1.54) is 0 Å². The predicted molar refractivity (Wildman–Crippen MR) is 96.2 cm³/mol. The number of nitrogens with zero attached hydrogens (tertiary/aromatic N) is 2. The van der Waals surface area contributed by atoms with Crippen molar-refractivity contribution in [1.82, 2.24) is 15.1 Å². The van der Waals surface area contributed by atoms with Gasteiger partial charge in [0.15, 0.2) is 0 Å². The third-order valence-corrected chi connectivity index (χ3v) is 4.54. The van der Waals surface area contributed by atoms with Crippen molar-refractivity contribution in [3.05, 3.63) is 35.9 Å². The van der Waals surface area contributed by atoms with Gasteiger partial charge in [-0.2, -0.15) is 0 Å². The van der Waals surface area contributed by atoms with Crippen LogP contribution in [0.2, 0.25) is 0 Å². The zero-order chi connectivity index (χ0) is 17.6. The molecular formula is C19H25N3O3. The van der Waals surface area contributed by atoms with Gasteiger partial charge in [0.1, 0.15) is 5.75 Å². The molecule has 0 bridgehead atoms. The number of ether oxygens (including phenoxy) is 1. The van der Waals surface area contributed by atoms with Crippen LogP contribution in [0.3, 0.4) is 0 Å². The Morgan fingerprint density at radius 1 is 1.20 bits per heavy atom. The van der Waals surface area contributed by atoms with Gasteiger partial charge in [0.25, 0.3) is 0 Å². The van der Waals surface area contributed by atoms with Gasteiger partial charge in [-0.3, -0.25) is 14.5 Å². The van der Waals surface area contributed by atoms with E-state index in [9.17, 15) is 9.59 Å². The highest BCUT2D eigenvalue weighted by Gasteiger charge is 2.25. The van der Waals surface area contributed by atoms with E-state index in [0.29, 0.717) is 25.7 Å². The van der Waals surface area contributed by atoms with Gasteiger partial charge in [0.05, 0.1) is 13.7 Å². The average Bonchev–Trinajstić information content (AvgIpc) is 3.44. The lowest BCUT2D eigenvalue weighted by Crippen LogP contribution is -2.51. The Balaban J connectivity index is 1.46. The second-order valence-corrected chi connectivity index (χ2v) is 6.52. The molecule has 6 nitrogen and oxygen atoms in total. The minimum atomic E-state index is -0.00649. The minimum absolute atomic E-state index is 0.00649. The fraction of sp³-hybridized carbons (Fsp3) is 0.474. The third-order valence-electron chi connectivity index (χ3n) is 4.54. The fourth-order valence-electron chi connectivity index (χ4n) is 2.90. The molecule has 1 saturated carbocycles. The summed E-state index contributed by atoms with van der Waals surface area (Å²) in [5.41, 5.74) is 0.883. The van der Waals surface area contributed by atoms with Crippen molar-refractivity contribution in [2.45, 2.75) is 18.9 Å². The van der Waals surface area contributed by atoms with Gasteiger partial charge in [-0.05, 0) is 25.0 Å². The smallest absolute Gasteiger partial charge is 0.246 e. The molecule has 25 heavy (non-hydrogen) atoms. The number of hydrogen-bond donors (Lipinski definition) is 1. The maximum atomic E-state index is 12.4. The summed E-state index contributed by atoms with van der Waals surface area (Å²) >= 11 is 0. The molecule has 0 aromatic heterocycles. The van der Waals surface area contributed by atoms with Crippen molar-refractivity contribution < 1.29 is 14.3 Å². The number of rotatable bonds is 6. The van der Waals surface area contributed by atoms with Crippen molar-refractivity contribution in [1.29, 1.82) is 0 Å². The molecule has 1 N–H and O–H groups in total. The molecule has 2 fully saturated rings. The molecule has 1 aliphatic heterocycles. The van der Waals surface area contributed by atoms with E-state index in [1.54, 1.807) is 19.3 Å². The van der Waals surface area contributed by atoms with Crippen LogP contribution in [-0.4, -0.2) is 67.5 Å². The molecule has 0 spiro atoms. The molecule has 1 aromatic carbocycles. The average molecular weight is 343 g/mol. The molecule has 2 amide bonds. The Hall–Kier alpha value is -2.34. The fourth-order valence-corrected chi connectivity index (χ4v) is 2.90. The van der Waals surface area contributed by atoms with E-state index in [4.69, 9.17) is 4.74 Å². The Morgan fingerprint density at radius 3 is 2.60 bits per heavy atom. The topological polar surface area (TPSA) is 61.9 Å². The molecule has 0 unspecified atom stereocenters. The number of methoxy groups -OCH3 is 1. The lowest BCUT2D eigenvalue weighted by atomic mass is 10.2. The standard InChI is InChI=1S/C19H25N3O3/c1-25-17-5-3-2-4-15(17)6-9-19(24)22-12-10-21(11-13-22)14-18(23)20-16-7-8-16/h2-6,9,16H,7-8,10-14H2,1H3,(H,20,23)/b9-6+. The minimum Gasteiger partial charge on any atom is -0.496 e. The summed E-state index contributed by atoms with van der Waals surface area (Å²) in [7, 11) is 1.62. The molecule has 1 saturated heterocycles. The van der Waals surface area contributed by atoms with Crippen LogP contribution < -0.4 is 10.1 Å². The molecule has 134 valence electrons. The van der Waals surface area contributed by atoms with Gasteiger partial charge in [-0.15, -0.1) is 0 Å². The summed E-state index contributed by atoms with van der Waals surface area (Å²) in [5.74, 6) is 0.837. The first-order chi connectivity index (χ1) is 12.2. The van der Waals surface area contributed by atoms with Gasteiger partial charge in [-0.25, -0.2) is 0 Å². The number of para-hydroxylation sites is 1. The quantitative estimate of drug-likeness (QED) is 0.787. The zero-order valence-electron chi connectivity index (χ0n) is 14.6. The molecule has 1 heterocycles. The summed E-state index contributed by atoms with van der Waals surface area (Å²) in [6.07, 6.45) is 5.59. The monoisotopic (exact) mass is 343 g/mol. The summed E-state index contributed by atoms with van der Waals surface area (Å²) in [4.78, 5) is 28.1. The summed E-state index contributed by atoms with van der Waals surface area (Å²) in [6, 6.07) is 8.00. The van der Waals surface area contributed by atoms with Crippen LogP contribution in [0.5, 0.6) is 5.75 Å². The first-order valence-corrected chi connectivity index (χ1v) is 8.77. The maximum absolute atomic E-state index is 12.4. The SMILES string of the molecule is COc1ccccc1/C=C/C(=O)N1CCN(CC(=O)NC2CC2)CC1. The van der Waals surface area contributed by atoms with Crippen molar-refractivity contribution >= 4 is 17.9 Å². The van der Waals surface area contributed by atoms with Crippen molar-refractivity contribution in [2.75, 3.05) is 39.8 Å². The van der Waals surface area contributed by atoms with Crippen molar-refractivity contribution in [2.24, 2.45) is 0 Å². The molecule has 0 atom stereocenters. The van der Waals surface area contributed by atoms with E-state index in [1.807, 2.05) is 29.2 Å². The van der Waals surface area contributed by atoms with E-state index in [-0.39, 0.29) is 11.8 Å². The Kier molecular flexibility index (Phi) is 5.71. The van der Waals surface area contributed by atoms with E-state index in [0.717, 1.165) is 37.2 Å². The maximum Gasteiger partial charge on any atom is 0.246 e.